The first-order valence-corrected chi connectivity index (χ1v) is 10.3. The third-order valence-electron chi connectivity index (χ3n) is 4.60. The van der Waals surface area contributed by atoms with Gasteiger partial charge in [0.05, 0.1) is 5.75 Å². The van der Waals surface area contributed by atoms with Gasteiger partial charge in [-0.15, -0.1) is 0 Å². The lowest BCUT2D eigenvalue weighted by Crippen LogP contribution is -2.37. The molecule has 0 aliphatic heterocycles. The third-order valence-corrected chi connectivity index (χ3v) is 5.58. The maximum Gasteiger partial charge on any atom is 0.332 e. The monoisotopic (exact) mass is 456 g/mol. The molecule has 3 heterocycles. The minimum Gasteiger partial charge on any atom is -0.360 e. The Morgan fingerprint density at radius 1 is 1.16 bits per heavy atom. The number of fused-ring (bicyclic) bond motifs is 1. The van der Waals surface area contributed by atoms with Gasteiger partial charge in [0.15, 0.2) is 17.3 Å². The number of carbonyl (C=O) groups excluding carboxylic acids is 1. The zero-order valence-corrected chi connectivity index (χ0v) is 18.1. The van der Waals surface area contributed by atoms with Crippen LogP contribution in [0.1, 0.15) is 5.76 Å². The highest BCUT2D eigenvalue weighted by atomic mass is 32.2. The first-order chi connectivity index (χ1) is 15.2. The number of benzene rings is 1. The Bertz CT molecular complexity index is 1460. The van der Waals surface area contributed by atoms with E-state index in [9.17, 15) is 18.8 Å². The fraction of sp³-hybridized carbons (Fsp3) is 0.200. The maximum absolute atomic E-state index is 13.3. The highest BCUT2D eigenvalue weighted by molar-refractivity contribution is 8.00. The summed E-state index contributed by atoms with van der Waals surface area (Å²) in [6, 6.07) is 7.06. The van der Waals surface area contributed by atoms with Crippen molar-refractivity contribution in [3.05, 3.63) is 62.7 Å². The van der Waals surface area contributed by atoms with Crippen molar-refractivity contribution in [2.45, 2.75) is 11.9 Å². The molecule has 4 aromatic rings. The number of rotatable bonds is 5. The smallest absolute Gasteiger partial charge is 0.332 e. The van der Waals surface area contributed by atoms with Gasteiger partial charge in [-0.2, -0.15) is 0 Å². The lowest BCUT2D eigenvalue weighted by molar-refractivity contribution is -0.113. The Kier molecular flexibility index (Phi) is 5.61. The van der Waals surface area contributed by atoms with Gasteiger partial charge in [0.25, 0.3) is 5.56 Å². The number of amides is 1. The highest BCUT2D eigenvalue weighted by Gasteiger charge is 2.19. The summed E-state index contributed by atoms with van der Waals surface area (Å²) >= 11 is 1.01. The molecule has 0 unspecified atom stereocenters. The van der Waals surface area contributed by atoms with Gasteiger partial charge in [-0.3, -0.25) is 18.7 Å². The molecule has 1 amide bonds. The van der Waals surface area contributed by atoms with E-state index in [4.69, 9.17) is 4.52 Å². The molecule has 3 aromatic heterocycles. The van der Waals surface area contributed by atoms with E-state index in [0.717, 1.165) is 16.3 Å². The normalized spacial score (nSPS) is 11.1. The minimum atomic E-state index is -0.580. The SMILES string of the molecule is Cc1cc(NC(=O)CSc2nc(-c3ccc(F)cc3)nc3c2c(=O)n(C)c(=O)n3C)no1. The summed E-state index contributed by atoms with van der Waals surface area (Å²) in [7, 11) is 2.84. The van der Waals surface area contributed by atoms with Gasteiger partial charge >= 0.3 is 5.69 Å². The number of aryl methyl sites for hydroxylation is 2. The molecule has 0 aliphatic carbocycles. The van der Waals surface area contributed by atoms with E-state index in [1.165, 1.54) is 42.9 Å². The van der Waals surface area contributed by atoms with E-state index in [1.807, 2.05) is 0 Å². The molecule has 0 saturated carbocycles. The number of hydrogen-bond donors (Lipinski definition) is 1. The van der Waals surface area contributed by atoms with Gasteiger partial charge < -0.3 is 9.84 Å². The second-order valence-corrected chi connectivity index (χ2v) is 7.89. The first-order valence-electron chi connectivity index (χ1n) is 9.34. The fourth-order valence-corrected chi connectivity index (χ4v) is 3.81. The molecule has 0 saturated heterocycles. The van der Waals surface area contributed by atoms with Crippen molar-refractivity contribution in [3.63, 3.8) is 0 Å². The van der Waals surface area contributed by atoms with Crippen LogP contribution in [-0.4, -0.2) is 35.9 Å². The number of nitrogens with one attached hydrogen (secondary N) is 1. The summed E-state index contributed by atoms with van der Waals surface area (Å²) in [5, 5.41) is 6.62. The lowest BCUT2D eigenvalue weighted by atomic mass is 10.2. The highest BCUT2D eigenvalue weighted by Crippen LogP contribution is 2.26. The Hall–Kier alpha value is -3.80. The lowest BCUT2D eigenvalue weighted by Gasteiger charge is -2.12. The largest absolute Gasteiger partial charge is 0.360 e. The van der Waals surface area contributed by atoms with Crippen molar-refractivity contribution in [3.8, 4) is 11.4 Å². The molecule has 32 heavy (non-hydrogen) atoms. The summed E-state index contributed by atoms with van der Waals surface area (Å²) in [6.45, 7) is 1.70. The molecule has 0 fully saturated rings. The van der Waals surface area contributed by atoms with Crippen molar-refractivity contribution >= 4 is 34.5 Å². The maximum atomic E-state index is 13.3. The Morgan fingerprint density at radius 3 is 2.53 bits per heavy atom. The quantitative estimate of drug-likeness (QED) is 0.356. The summed E-state index contributed by atoms with van der Waals surface area (Å²) in [5.41, 5.74) is -0.529. The predicted octanol–water partition coefficient (Wildman–Crippen LogP) is 1.86. The average Bonchev–Trinajstić information content (AvgIpc) is 3.19. The summed E-state index contributed by atoms with van der Waals surface area (Å²) in [5.74, 6) is 0.0995. The van der Waals surface area contributed by atoms with Crippen LogP contribution in [0.3, 0.4) is 0 Å². The van der Waals surface area contributed by atoms with E-state index in [0.29, 0.717) is 11.3 Å². The van der Waals surface area contributed by atoms with Crippen LogP contribution in [-0.2, 0) is 18.9 Å². The topological polar surface area (TPSA) is 125 Å². The van der Waals surface area contributed by atoms with Crippen LogP contribution >= 0.6 is 11.8 Å². The molecule has 10 nitrogen and oxygen atoms in total. The van der Waals surface area contributed by atoms with Crippen LogP contribution in [0.2, 0.25) is 0 Å². The third kappa shape index (κ3) is 4.04. The summed E-state index contributed by atoms with van der Waals surface area (Å²) in [4.78, 5) is 46.4. The average molecular weight is 456 g/mol. The zero-order valence-electron chi connectivity index (χ0n) is 17.2. The molecule has 0 aliphatic rings. The van der Waals surface area contributed by atoms with E-state index in [2.05, 4.69) is 20.4 Å². The van der Waals surface area contributed by atoms with Crippen molar-refractivity contribution in [2.75, 3.05) is 11.1 Å². The second-order valence-electron chi connectivity index (χ2n) is 6.92. The van der Waals surface area contributed by atoms with Gasteiger partial charge in [-0.05, 0) is 31.2 Å². The van der Waals surface area contributed by atoms with Gasteiger partial charge in [0, 0.05) is 25.7 Å². The molecule has 0 radical (unpaired) electrons. The Balaban J connectivity index is 1.78. The van der Waals surface area contributed by atoms with E-state index in [1.54, 1.807) is 13.0 Å². The minimum absolute atomic E-state index is 0.0904. The van der Waals surface area contributed by atoms with Gasteiger partial charge in [0.1, 0.15) is 22.0 Å². The molecule has 164 valence electrons. The number of anilines is 1. The molecule has 0 atom stereocenters. The predicted molar refractivity (Wildman–Crippen MR) is 116 cm³/mol. The van der Waals surface area contributed by atoms with Crippen LogP contribution < -0.4 is 16.6 Å². The Labute approximate surface area is 184 Å². The molecule has 12 heteroatoms. The zero-order chi connectivity index (χ0) is 23.0. The number of carbonyl (C=O) groups is 1. The number of thioether (sulfide) groups is 1. The van der Waals surface area contributed by atoms with Crippen molar-refractivity contribution in [2.24, 2.45) is 14.1 Å². The van der Waals surface area contributed by atoms with Crippen LogP contribution in [0.25, 0.3) is 22.4 Å². The Morgan fingerprint density at radius 2 is 1.88 bits per heavy atom. The van der Waals surface area contributed by atoms with Gasteiger partial charge in [0.2, 0.25) is 5.91 Å². The van der Waals surface area contributed by atoms with Crippen LogP contribution in [0, 0.1) is 12.7 Å². The van der Waals surface area contributed by atoms with Crippen LogP contribution in [0.5, 0.6) is 0 Å². The van der Waals surface area contributed by atoms with Crippen molar-refractivity contribution in [1.82, 2.24) is 24.3 Å². The summed E-state index contributed by atoms with van der Waals surface area (Å²) < 4.78 is 20.4. The molecule has 0 spiro atoms. The van der Waals surface area contributed by atoms with E-state index >= 15 is 0 Å². The molecule has 1 aromatic carbocycles. The molecular weight excluding hydrogens is 439 g/mol. The number of aromatic nitrogens is 5. The summed E-state index contributed by atoms with van der Waals surface area (Å²) in [6.07, 6.45) is 0. The van der Waals surface area contributed by atoms with Crippen molar-refractivity contribution < 1.29 is 13.7 Å². The second kappa shape index (κ2) is 8.38. The van der Waals surface area contributed by atoms with Gasteiger partial charge in [-0.25, -0.2) is 19.2 Å². The molecule has 4 rings (SSSR count). The number of nitrogens with zero attached hydrogens (tertiary/aromatic N) is 5. The number of halogens is 1. The molecule has 1 N–H and O–H groups in total. The van der Waals surface area contributed by atoms with Crippen LogP contribution in [0.4, 0.5) is 10.2 Å². The van der Waals surface area contributed by atoms with E-state index in [-0.39, 0.29) is 39.4 Å². The van der Waals surface area contributed by atoms with E-state index < -0.39 is 17.1 Å². The standard InChI is InChI=1S/C20H17FN6O4S/c1-10-8-13(25-31-10)22-14(28)9-32-18-15-17(26(2)20(30)27(3)19(15)29)23-16(24-18)11-4-6-12(21)7-5-11/h4-8H,9H2,1-3H3,(H,22,25,28). The number of hydrogen-bond acceptors (Lipinski definition) is 8. The van der Waals surface area contributed by atoms with Crippen LogP contribution in [0.15, 0.2) is 49.5 Å². The van der Waals surface area contributed by atoms with Crippen molar-refractivity contribution in [1.29, 1.82) is 0 Å². The molecule has 0 bridgehead atoms. The first kappa shape index (κ1) is 21.4. The van der Waals surface area contributed by atoms with Gasteiger partial charge in [-0.1, -0.05) is 16.9 Å². The molecular formula is C20H17FN6O4S. The fourth-order valence-electron chi connectivity index (χ4n) is 3.00.